The summed E-state index contributed by atoms with van der Waals surface area (Å²) < 4.78 is 22.5. The molecule has 0 aliphatic carbocycles. The molecule has 3 amide bonds. The number of nitrogens with one attached hydrogen (secondary N) is 1. The molecule has 3 N–H and O–H groups in total. The fourth-order valence-corrected chi connectivity index (χ4v) is 5.79. The summed E-state index contributed by atoms with van der Waals surface area (Å²) in [6.45, 7) is 5.27. The molecule has 4 rings (SSSR count). The number of hydrogen-bond donors (Lipinski definition) is 3. The molecule has 14 nitrogen and oxygen atoms in total. The number of anilines is 1. The standard InChI is InChI=1S/C27H37N6O8P/c1-4-41-27(36)33-13-12-32(15-18(33)2)26(35)22(17-42(37,38)39)29-25(34)21-14-23(31-11-10-20(16-31)40-3)30-24(28-21)19-8-6-5-7-9-19/h5-9,14,18,20,22H,4,10-13,15-17H2,1-3H3,(H,29,34)(H2,37,38,39). The Morgan fingerprint density at radius 1 is 1.12 bits per heavy atom. The first-order valence-corrected chi connectivity index (χ1v) is 15.6. The molecular formula is C27H37N6O8P. The third-order valence-corrected chi connectivity index (χ3v) is 8.09. The van der Waals surface area contributed by atoms with Gasteiger partial charge in [0.2, 0.25) is 5.91 Å². The van der Waals surface area contributed by atoms with Gasteiger partial charge in [0.15, 0.2) is 5.82 Å². The van der Waals surface area contributed by atoms with Gasteiger partial charge in [0.25, 0.3) is 5.91 Å². The Labute approximate surface area is 244 Å². The lowest BCUT2D eigenvalue weighted by Gasteiger charge is -2.40. The minimum Gasteiger partial charge on any atom is -0.450 e. The van der Waals surface area contributed by atoms with Crippen LogP contribution in [-0.2, 0) is 18.8 Å². The number of carbonyl (C=O) groups excluding carboxylic acids is 3. The van der Waals surface area contributed by atoms with Gasteiger partial charge in [0.1, 0.15) is 17.6 Å². The lowest BCUT2D eigenvalue weighted by molar-refractivity contribution is -0.135. The predicted molar refractivity (Wildman–Crippen MR) is 153 cm³/mol. The van der Waals surface area contributed by atoms with Gasteiger partial charge in [-0.3, -0.25) is 14.2 Å². The van der Waals surface area contributed by atoms with Crippen LogP contribution in [-0.4, -0.2) is 118 Å². The molecule has 1 aromatic carbocycles. The SMILES string of the molecule is CCOC(=O)N1CCN(C(=O)C(CP(=O)(O)O)NC(=O)c2cc(N3CCC(OC)C3)nc(-c3ccccc3)n2)CC1C. The van der Waals surface area contributed by atoms with E-state index in [9.17, 15) is 28.7 Å². The van der Waals surface area contributed by atoms with E-state index in [1.165, 1.54) is 15.9 Å². The molecule has 2 aromatic rings. The van der Waals surface area contributed by atoms with Crippen LogP contribution in [0.2, 0.25) is 0 Å². The molecule has 3 unspecified atom stereocenters. The van der Waals surface area contributed by atoms with Gasteiger partial charge in [-0.1, -0.05) is 30.3 Å². The summed E-state index contributed by atoms with van der Waals surface area (Å²) >= 11 is 0. The number of ether oxygens (including phenoxy) is 2. The summed E-state index contributed by atoms with van der Waals surface area (Å²) in [7, 11) is -3.09. The van der Waals surface area contributed by atoms with E-state index in [2.05, 4.69) is 15.3 Å². The van der Waals surface area contributed by atoms with Gasteiger partial charge in [-0.15, -0.1) is 0 Å². The molecule has 0 saturated carbocycles. The highest BCUT2D eigenvalue weighted by atomic mass is 31.2. The number of piperazine rings is 1. The molecule has 2 saturated heterocycles. The van der Waals surface area contributed by atoms with Crippen LogP contribution < -0.4 is 10.2 Å². The molecule has 3 heterocycles. The Hall–Kier alpha value is -3.58. The zero-order valence-electron chi connectivity index (χ0n) is 23.9. The average molecular weight is 605 g/mol. The van der Waals surface area contributed by atoms with Crippen molar-refractivity contribution in [1.29, 1.82) is 0 Å². The molecule has 1 aromatic heterocycles. The monoisotopic (exact) mass is 604 g/mol. The summed E-state index contributed by atoms with van der Waals surface area (Å²) in [5, 5.41) is 2.51. The molecule has 2 aliphatic rings. The van der Waals surface area contributed by atoms with Crippen LogP contribution in [0.1, 0.15) is 30.8 Å². The van der Waals surface area contributed by atoms with Gasteiger partial charge in [-0.05, 0) is 20.3 Å². The van der Waals surface area contributed by atoms with E-state index in [1.807, 2.05) is 23.1 Å². The second kappa shape index (κ2) is 13.6. The summed E-state index contributed by atoms with van der Waals surface area (Å²) in [5.41, 5.74) is 0.621. The summed E-state index contributed by atoms with van der Waals surface area (Å²) in [6, 6.07) is 8.67. The van der Waals surface area contributed by atoms with Crippen LogP contribution in [0.4, 0.5) is 10.6 Å². The second-order valence-corrected chi connectivity index (χ2v) is 12.0. The van der Waals surface area contributed by atoms with Gasteiger partial charge >= 0.3 is 13.7 Å². The Morgan fingerprint density at radius 3 is 2.48 bits per heavy atom. The lowest BCUT2D eigenvalue weighted by Crippen LogP contribution is -2.59. The van der Waals surface area contributed by atoms with Crippen LogP contribution in [0.5, 0.6) is 0 Å². The van der Waals surface area contributed by atoms with Gasteiger partial charge in [-0.2, -0.15) is 0 Å². The highest BCUT2D eigenvalue weighted by Crippen LogP contribution is 2.35. The fourth-order valence-electron chi connectivity index (χ4n) is 5.07. The largest absolute Gasteiger partial charge is 0.450 e. The van der Waals surface area contributed by atoms with Crippen molar-refractivity contribution in [2.45, 2.75) is 38.5 Å². The van der Waals surface area contributed by atoms with Gasteiger partial charge < -0.3 is 39.3 Å². The Balaban J connectivity index is 1.58. The fraction of sp³-hybridized carbons (Fsp3) is 0.519. The normalized spacial score (nSPS) is 19.9. The molecule has 0 radical (unpaired) electrons. The summed E-state index contributed by atoms with van der Waals surface area (Å²) in [5.74, 6) is -0.651. The van der Waals surface area contributed by atoms with E-state index in [1.54, 1.807) is 33.1 Å². The maximum atomic E-state index is 13.5. The van der Waals surface area contributed by atoms with Crippen molar-refractivity contribution in [2.24, 2.45) is 0 Å². The number of hydrogen-bond acceptors (Lipinski definition) is 9. The number of methoxy groups -OCH3 is 1. The number of benzene rings is 1. The average Bonchev–Trinajstić information content (AvgIpc) is 3.45. The van der Waals surface area contributed by atoms with Crippen LogP contribution in [0.3, 0.4) is 0 Å². The first kappa shape index (κ1) is 31.4. The molecule has 0 spiro atoms. The molecule has 2 aliphatic heterocycles. The van der Waals surface area contributed by atoms with Crippen LogP contribution in [0.25, 0.3) is 11.4 Å². The topological polar surface area (TPSA) is 175 Å². The predicted octanol–water partition coefficient (Wildman–Crippen LogP) is 1.33. The number of carbonyl (C=O) groups is 3. The van der Waals surface area contributed by atoms with Crippen molar-refractivity contribution in [3.05, 3.63) is 42.1 Å². The maximum absolute atomic E-state index is 13.5. The molecule has 0 bridgehead atoms. The first-order valence-electron chi connectivity index (χ1n) is 13.8. The summed E-state index contributed by atoms with van der Waals surface area (Å²) in [4.78, 5) is 72.7. The van der Waals surface area contributed by atoms with E-state index >= 15 is 0 Å². The molecule has 228 valence electrons. The van der Waals surface area contributed by atoms with E-state index in [0.29, 0.717) is 30.3 Å². The quantitative estimate of drug-likeness (QED) is 0.352. The maximum Gasteiger partial charge on any atom is 0.410 e. The number of amides is 3. The highest BCUT2D eigenvalue weighted by Gasteiger charge is 2.37. The van der Waals surface area contributed by atoms with Crippen LogP contribution >= 0.6 is 7.60 Å². The smallest absolute Gasteiger partial charge is 0.410 e. The minimum absolute atomic E-state index is 0.00867. The van der Waals surface area contributed by atoms with E-state index < -0.39 is 43.7 Å². The van der Waals surface area contributed by atoms with Crippen molar-refractivity contribution in [3.63, 3.8) is 0 Å². The number of rotatable bonds is 9. The zero-order chi connectivity index (χ0) is 30.4. The van der Waals surface area contributed by atoms with Gasteiger partial charge in [0, 0.05) is 57.5 Å². The van der Waals surface area contributed by atoms with Crippen LogP contribution in [0, 0.1) is 0 Å². The number of nitrogens with zero attached hydrogens (tertiary/aromatic N) is 5. The van der Waals surface area contributed by atoms with E-state index in [4.69, 9.17) is 9.47 Å². The number of aromatic nitrogens is 2. The third-order valence-electron chi connectivity index (χ3n) is 7.24. The van der Waals surface area contributed by atoms with Crippen molar-refractivity contribution in [1.82, 2.24) is 25.1 Å². The molecule has 42 heavy (non-hydrogen) atoms. The zero-order valence-corrected chi connectivity index (χ0v) is 24.8. The van der Waals surface area contributed by atoms with Gasteiger partial charge in [0.05, 0.1) is 18.9 Å². The molecule has 3 atom stereocenters. The Kier molecular flexibility index (Phi) is 10.2. The first-order chi connectivity index (χ1) is 20.0. The van der Waals surface area contributed by atoms with Gasteiger partial charge in [-0.25, -0.2) is 14.8 Å². The summed E-state index contributed by atoms with van der Waals surface area (Å²) in [6.07, 6.45) is -0.603. The minimum atomic E-state index is -4.72. The molecule has 2 fully saturated rings. The lowest BCUT2D eigenvalue weighted by atomic mass is 10.1. The van der Waals surface area contributed by atoms with Crippen molar-refractivity contribution >= 4 is 31.3 Å². The third kappa shape index (κ3) is 7.82. The van der Waals surface area contributed by atoms with E-state index in [-0.39, 0.29) is 38.0 Å². The van der Waals surface area contributed by atoms with Crippen LogP contribution in [0.15, 0.2) is 36.4 Å². The van der Waals surface area contributed by atoms with Crippen molar-refractivity contribution in [2.75, 3.05) is 57.5 Å². The van der Waals surface area contributed by atoms with Crippen molar-refractivity contribution < 1.29 is 38.2 Å². The Morgan fingerprint density at radius 2 is 1.86 bits per heavy atom. The molecule has 15 heteroatoms. The second-order valence-electron chi connectivity index (χ2n) is 10.3. The van der Waals surface area contributed by atoms with Crippen molar-refractivity contribution in [3.8, 4) is 11.4 Å². The Bertz CT molecular complexity index is 1320. The molecular weight excluding hydrogens is 567 g/mol. The van der Waals surface area contributed by atoms with E-state index in [0.717, 1.165) is 6.42 Å². The highest BCUT2D eigenvalue weighted by molar-refractivity contribution is 7.51.